The molecule has 0 unspecified atom stereocenters. The lowest BCUT2D eigenvalue weighted by Gasteiger charge is -1.86. The number of H-pyrrole nitrogens is 1. The van der Waals surface area contributed by atoms with Crippen LogP contribution in [0.1, 0.15) is 4.88 Å². The van der Waals surface area contributed by atoms with Crippen LogP contribution in [0.15, 0.2) is 15.6 Å². The first-order valence-electron chi connectivity index (χ1n) is 3.32. The van der Waals surface area contributed by atoms with Crippen molar-refractivity contribution in [3.8, 4) is 0 Å². The zero-order valence-electron chi connectivity index (χ0n) is 6.22. The highest BCUT2D eigenvalue weighted by atomic mass is 79.9. The first-order chi connectivity index (χ1) is 5.70. The predicted molar refractivity (Wildman–Crippen MR) is 52.7 cm³/mol. The van der Waals surface area contributed by atoms with Gasteiger partial charge in [0.05, 0.1) is 10.8 Å². The van der Waals surface area contributed by atoms with Crippen LogP contribution in [-0.2, 0) is 0 Å². The molecular formula is C7H5BrN2OS. The minimum atomic E-state index is -0.0706. The van der Waals surface area contributed by atoms with E-state index in [-0.39, 0.29) is 5.56 Å². The summed E-state index contributed by atoms with van der Waals surface area (Å²) in [5.41, 5.74) is 0.681. The fourth-order valence-electron chi connectivity index (χ4n) is 1.00. The summed E-state index contributed by atoms with van der Waals surface area (Å²) in [7, 11) is 0. The van der Waals surface area contributed by atoms with Gasteiger partial charge in [-0.05, 0) is 22.9 Å². The molecule has 0 fully saturated rings. The molecule has 0 aromatic carbocycles. The predicted octanol–water partition coefficient (Wildman–Crippen LogP) is 2.06. The Hall–Kier alpha value is -0.680. The van der Waals surface area contributed by atoms with Gasteiger partial charge in [0, 0.05) is 4.88 Å². The minimum absolute atomic E-state index is 0.0706. The van der Waals surface area contributed by atoms with Crippen LogP contribution in [0.2, 0.25) is 0 Å². The number of nitrogens with one attached hydrogen (secondary N) is 1. The molecule has 2 rings (SSSR count). The molecule has 0 radical (unpaired) electrons. The highest BCUT2D eigenvalue weighted by Gasteiger charge is 2.09. The zero-order chi connectivity index (χ0) is 8.72. The molecule has 1 N–H and O–H groups in total. The van der Waals surface area contributed by atoms with Crippen molar-refractivity contribution in [1.82, 2.24) is 9.97 Å². The van der Waals surface area contributed by atoms with Gasteiger partial charge >= 0.3 is 0 Å². The van der Waals surface area contributed by atoms with E-state index in [0.717, 1.165) is 14.9 Å². The summed E-state index contributed by atoms with van der Waals surface area (Å²) in [6, 6.07) is 0. The molecular weight excluding hydrogens is 240 g/mol. The molecule has 2 heterocycles. The second-order valence-electron chi connectivity index (χ2n) is 2.38. The lowest BCUT2D eigenvalue weighted by atomic mass is 10.4. The normalized spacial score (nSPS) is 10.8. The maximum atomic E-state index is 11.2. The Morgan fingerprint density at radius 1 is 1.67 bits per heavy atom. The quantitative estimate of drug-likeness (QED) is 0.772. The van der Waals surface area contributed by atoms with Crippen LogP contribution >= 0.6 is 27.3 Å². The van der Waals surface area contributed by atoms with Gasteiger partial charge in [0.1, 0.15) is 10.2 Å². The molecule has 0 atom stereocenters. The number of aromatic nitrogens is 2. The second-order valence-corrected chi connectivity index (χ2v) is 4.40. The van der Waals surface area contributed by atoms with E-state index in [1.807, 2.05) is 6.92 Å². The molecule has 12 heavy (non-hydrogen) atoms. The molecule has 2 aromatic heterocycles. The molecule has 0 aliphatic rings. The van der Waals surface area contributed by atoms with Crippen molar-refractivity contribution in [1.29, 1.82) is 0 Å². The Balaban J connectivity index is 3.05. The summed E-state index contributed by atoms with van der Waals surface area (Å²) >= 11 is 4.83. The van der Waals surface area contributed by atoms with Crippen molar-refractivity contribution in [3.05, 3.63) is 26.0 Å². The van der Waals surface area contributed by atoms with Gasteiger partial charge in [-0.15, -0.1) is 11.3 Å². The van der Waals surface area contributed by atoms with Gasteiger partial charge < -0.3 is 4.98 Å². The molecule has 0 saturated heterocycles. The van der Waals surface area contributed by atoms with Crippen LogP contribution in [0.25, 0.3) is 10.2 Å². The number of aromatic amines is 1. The average molecular weight is 245 g/mol. The lowest BCUT2D eigenvalue weighted by molar-refractivity contribution is 1.18. The van der Waals surface area contributed by atoms with Gasteiger partial charge in [0.15, 0.2) is 0 Å². The summed E-state index contributed by atoms with van der Waals surface area (Å²) in [5, 5.41) is 0. The molecule has 3 nitrogen and oxygen atoms in total. The molecule has 0 amide bonds. The number of halogens is 1. The van der Waals surface area contributed by atoms with E-state index >= 15 is 0 Å². The summed E-state index contributed by atoms with van der Waals surface area (Å²) in [6.45, 7) is 1.95. The van der Waals surface area contributed by atoms with Gasteiger partial charge in [-0.3, -0.25) is 4.79 Å². The van der Waals surface area contributed by atoms with Crippen molar-refractivity contribution in [2.45, 2.75) is 6.92 Å². The van der Waals surface area contributed by atoms with Crippen molar-refractivity contribution in [2.24, 2.45) is 0 Å². The van der Waals surface area contributed by atoms with Crippen molar-refractivity contribution in [3.63, 3.8) is 0 Å². The van der Waals surface area contributed by atoms with Crippen molar-refractivity contribution < 1.29 is 0 Å². The summed E-state index contributed by atoms with van der Waals surface area (Å²) in [4.78, 5) is 18.9. The average Bonchev–Trinajstić information content (AvgIpc) is 2.32. The van der Waals surface area contributed by atoms with E-state index in [1.165, 1.54) is 17.7 Å². The number of hydrogen-bond donors (Lipinski definition) is 1. The third kappa shape index (κ3) is 1.01. The Bertz CT molecular complexity index is 488. The molecule has 62 valence electrons. The zero-order valence-corrected chi connectivity index (χ0v) is 8.62. The van der Waals surface area contributed by atoms with Gasteiger partial charge in [-0.25, -0.2) is 4.98 Å². The largest absolute Gasteiger partial charge is 0.312 e. The van der Waals surface area contributed by atoms with Crippen LogP contribution in [0, 0.1) is 6.92 Å². The topological polar surface area (TPSA) is 45.8 Å². The number of hydrogen-bond acceptors (Lipinski definition) is 3. The van der Waals surface area contributed by atoms with Crippen LogP contribution in [0.5, 0.6) is 0 Å². The monoisotopic (exact) mass is 244 g/mol. The lowest BCUT2D eigenvalue weighted by Crippen LogP contribution is -2.03. The molecule has 0 spiro atoms. The Kier molecular flexibility index (Phi) is 1.77. The smallest absolute Gasteiger partial charge is 0.268 e. The van der Waals surface area contributed by atoms with Gasteiger partial charge in [-0.1, -0.05) is 0 Å². The number of rotatable bonds is 0. The van der Waals surface area contributed by atoms with Crippen LogP contribution in [-0.4, -0.2) is 9.97 Å². The fourth-order valence-corrected chi connectivity index (χ4v) is 2.57. The highest BCUT2D eigenvalue weighted by molar-refractivity contribution is 9.10. The number of thiophene rings is 1. The van der Waals surface area contributed by atoms with Crippen molar-refractivity contribution >= 4 is 37.5 Å². The maximum absolute atomic E-state index is 11.2. The van der Waals surface area contributed by atoms with E-state index in [4.69, 9.17) is 0 Å². The maximum Gasteiger partial charge on any atom is 0.268 e. The first-order valence-corrected chi connectivity index (χ1v) is 4.93. The summed E-state index contributed by atoms with van der Waals surface area (Å²) in [6.07, 6.45) is 1.42. The molecule has 0 saturated carbocycles. The number of nitrogens with zero attached hydrogens (tertiary/aromatic N) is 1. The van der Waals surface area contributed by atoms with Crippen LogP contribution in [0.3, 0.4) is 0 Å². The minimum Gasteiger partial charge on any atom is -0.312 e. The van der Waals surface area contributed by atoms with E-state index in [0.29, 0.717) is 4.70 Å². The molecule has 0 bridgehead atoms. The van der Waals surface area contributed by atoms with E-state index in [2.05, 4.69) is 25.9 Å². The SMILES string of the molecule is Cc1sc2c(=O)[nH]cnc2c1Br. The molecule has 2 aromatic rings. The molecule has 0 aliphatic heterocycles. The second kappa shape index (κ2) is 2.67. The third-order valence-electron chi connectivity index (χ3n) is 1.58. The Labute approximate surface area is 80.6 Å². The van der Waals surface area contributed by atoms with E-state index in [9.17, 15) is 4.79 Å². The molecule has 0 aliphatic carbocycles. The summed E-state index contributed by atoms with van der Waals surface area (Å²) < 4.78 is 1.61. The van der Waals surface area contributed by atoms with E-state index < -0.39 is 0 Å². The summed E-state index contributed by atoms with van der Waals surface area (Å²) in [5.74, 6) is 0. The fraction of sp³-hybridized carbons (Fsp3) is 0.143. The van der Waals surface area contributed by atoms with Gasteiger partial charge in [0.2, 0.25) is 0 Å². The van der Waals surface area contributed by atoms with Gasteiger partial charge in [0.25, 0.3) is 5.56 Å². The van der Waals surface area contributed by atoms with Crippen LogP contribution < -0.4 is 5.56 Å². The molecule has 5 heteroatoms. The third-order valence-corrected chi connectivity index (χ3v) is 3.91. The Morgan fingerprint density at radius 3 is 3.08 bits per heavy atom. The van der Waals surface area contributed by atoms with Crippen LogP contribution in [0.4, 0.5) is 0 Å². The standard InChI is InChI=1S/C7H5BrN2OS/c1-3-4(8)5-6(12-3)7(11)10-2-9-5/h2H,1H3,(H,9,10,11). The first kappa shape index (κ1) is 7.94. The number of aryl methyl sites for hydroxylation is 1. The Morgan fingerprint density at radius 2 is 2.42 bits per heavy atom. The van der Waals surface area contributed by atoms with E-state index in [1.54, 1.807) is 0 Å². The van der Waals surface area contributed by atoms with Crippen molar-refractivity contribution in [2.75, 3.05) is 0 Å². The van der Waals surface area contributed by atoms with Gasteiger partial charge in [-0.2, -0.15) is 0 Å². The highest BCUT2D eigenvalue weighted by Crippen LogP contribution is 2.30. The number of fused-ring (bicyclic) bond motifs is 1.